The topological polar surface area (TPSA) is 114 Å². The van der Waals surface area contributed by atoms with E-state index in [9.17, 15) is 19.0 Å². The number of carbonyl (C=O) groups excluding carboxylic acids is 2. The Balaban J connectivity index is 5.46. The Bertz CT molecular complexity index is 1280. The summed E-state index contributed by atoms with van der Waals surface area (Å²) in [4.78, 5) is 39.7. The standard InChI is InChI=1S/C56H105N2O7P/c1-7-10-13-16-19-22-25-28-29-31-33-36-39-42-45-48-55(59)57-53(52-64-66(61,62)63-51-50-58(4,5)6)54(47-44-41-38-35-32-27-24-21-18-15-12-9-3)65-56(60)49-46-43-40-37-34-30-26-23-20-17-14-11-8-2/h22,25,30,34,40,43-44,47,53-54H,7-21,23-24,26-29,31-33,35-39,41-42,45-46,48-52H2,1-6H3,(H-,57,59,61,62)/b25-22-,34-30-,43-40+,47-44+. The molecule has 3 unspecified atom stereocenters. The monoisotopic (exact) mass is 949 g/mol. The van der Waals surface area contributed by atoms with E-state index in [0.717, 1.165) is 64.2 Å². The second kappa shape index (κ2) is 46.7. The molecule has 9 nitrogen and oxygen atoms in total. The minimum Gasteiger partial charge on any atom is -0.756 e. The predicted octanol–water partition coefficient (Wildman–Crippen LogP) is 15.5. The molecule has 1 N–H and O–H groups in total. The maximum Gasteiger partial charge on any atom is 0.306 e. The molecule has 0 saturated carbocycles. The Hall–Kier alpha value is -2.03. The van der Waals surface area contributed by atoms with Gasteiger partial charge in [0.05, 0.1) is 33.8 Å². The molecule has 0 aliphatic carbocycles. The number of nitrogens with one attached hydrogen (secondary N) is 1. The highest BCUT2D eigenvalue weighted by Gasteiger charge is 2.27. The van der Waals surface area contributed by atoms with Crippen molar-refractivity contribution in [2.24, 2.45) is 0 Å². The number of amides is 1. The Morgan fingerprint density at radius 2 is 0.939 bits per heavy atom. The van der Waals surface area contributed by atoms with Gasteiger partial charge in [-0.25, -0.2) is 0 Å². The highest BCUT2D eigenvalue weighted by atomic mass is 31.2. The van der Waals surface area contributed by atoms with Gasteiger partial charge in [-0.15, -0.1) is 0 Å². The van der Waals surface area contributed by atoms with Crippen LogP contribution in [-0.4, -0.2) is 69.4 Å². The summed E-state index contributed by atoms with van der Waals surface area (Å²) in [6.45, 7) is 6.77. The first kappa shape index (κ1) is 64.0. The van der Waals surface area contributed by atoms with E-state index in [0.29, 0.717) is 23.9 Å². The van der Waals surface area contributed by atoms with Crippen LogP contribution in [0.4, 0.5) is 0 Å². The van der Waals surface area contributed by atoms with Crippen LogP contribution < -0.4 is 10.2 Å². The number of rotatable bonds is 49. The van der Waals surface area contributed by atoms with E-state index in [4.69, 9.17) is 13.8 Å². The first-order valence-electron chi connectivity index (χ1n) is 27.4. The number of carbonyl (C=O) groups is 2. The average Bonchev–Trinajstić information content (AvgIpc) is 3.27. The number of phosphoric acid groups is 1. The number of nitrogens with zero attached hydrogens (tertiary/aromatic N) is 1. The van der Waals surface area contributed by atoms with Crippen molar-refractivity contribution in [3.63, 3.8) is 0 Å². The first-order chi connectivity index (χ1) is 31.9. The van der Waals surface area contributed by atoms with Crippen LogP contribution >= 0.6 is 7.82 Å². The Labute approximate surface area is 408 Å². The molecule has 0 spiro atoms. The van der Waals surface area contributed by atoms with Gasteiger partial charge >= 0.3 is 5.97 Å². The van der Waals surface area contributed by atoms with E-state index in [-0.39, 0.29) is 18.9 Å². The lowest BCUT2D eigenvalue weighted by atomic mass is 10.0. The zero-order chi connectivity index (χ0) is 48.7. The molecule has 0 heterocycles. The summed E-state index contributed by atoms with van der Waals surface area (Å²) in [5, 5.41) is 3.00. The zero-order valence-electron chi connectivity index (χ0n) is 43.9. The van der Waals surface area contributed by atoms with Crippen molar-refractivity contribution < 1.29 is 37.3 Å². The quantitative estimate of drug-likeness (QED) is 0.0212. The highest BCUT2D eigenvalue weighted by molar-refractivity contribution is 7.45. The maximum absolute atomic E-state index is 13.4. The Kier molecular flexibility index (Phi) is 45.3. The molecule has 0 radical (unpaired) electrons. The summed E-state index contributed by atoms with van der Waals surface area (Å²) in [6, 6.07) is -0.910. The van der Waals surface area contributed by atoms with Gasteiger partial charge in [-0.3, -0.25) is 14.2 Å². The van der Waals surface area contributed by atoms with Gasteiger partial charge in [-0.1, -0.05) is 205 Å². The number of hydrogen-bond acceptors (Lipinski definition) is 7. The predicted molar refractivity (Wildman–Crippen MR) is 279 cm³/mol. The van der Waals surface area contributed by atoms with Crippen LogP contribution in [0.3, 0.4) is 0 Å². The van der Waals surface area contributed by atoms with Crippen molar-refractivity contribution in [2.75, 3.05) is 40.9 Å². The molecule has 386 valence electrons. The molecule has 66 heavy (non-hydrogen) atoms. The number of hydrogen-bond donors (Lipinski definition) is 1. The van der Waals surface area contributed by atoms with Gasteiger partial charge in [-0.2, -0.15) is 0 Å². The first-order valence-corrected chi connectivity index (χ1v) is 28.9. The van der Waals surface area contributed by atoms with Crippen molar-refractivity contribution in [1.29, 1.82) is 0 Å². The molecular weight excluding hydrogens is 844 g/mol. The van der Waals surface area contributed by atoms with Gasteiger partial charge in [0.25, 0.3) is 7.82 Å². The van der Waals surface area contributed by atoms with E-state index < -0.39 is 32.5 Å². The van der Waals surface area contributed by atoms with Gasteiger partial charge in [0.15, 0.2) is 0 Å². The smallest absolute Gasteiger partial charge is 0.306 e. The third-order valence-corrected chi connectivity index (χ3v) is 13.0. The van der Waals surface area contributed by atoms with Gasteiger partial charge in [0.1, 0.15) is 19.3 Å². The number of likely N-dealkylation sites (N-methyl/N-ethyl adjacent to an activating group) is 1. The highest BCUT2D eigenvalue weighted by Crippen LogP contribution is 2.38. The average molecular weight is 949 g/mol. The molecule has 0 aromatic heterocycles. The fourth-order valence-corrected chi connectivity index (χ4v) is 8.41. The van der Waals surface area contributed by atoms with E-state index >= 15 is 0 Å². The number of quaternary nitrogens is 1. The van der Waals surface area contributed by atoms with Crippen molar-refractivity contribution in [2.45, 2.75) is 258 Å². The molecule has 0 fully saturated rings. The number of phosphoric ester groups is 1. The molecule has 3 atom stereocenters. The van der Waals surface area contributed by atoms with Crippen molar-refractivity contribution in [1.82, 2.24) is 5.32 Å². The summed E-state index contributed by atoms with van der Waals surface area (Å²) < 4.78 is 30.1. The second-order valence-electron chi connectivity index (χ2n) is 19.7. The second-order valence-corrected chi connectivity index (χ2v) is 21.1. The van der Waals surface area contributed by atoms with Crippen LogP contribution in [-0.2, 0) is 27.9 Å². The molecule has 0 aliphatic heterocycles. The van der Waals surface area contributed by atoms with Gasteiger partial charge in [-0.05, 0) is 76.7 Å². The molecule has 1 amide bonds. The van der Waals surface area contributed by atoms with E-state index in [1.54, 1.807) is 6.08 Å². The van der Waals surface area contributed by atoms with E-state index in [2.05, 4.69) is 56.5 Å². The molecule has 10 heteroatoms. The summed E-state index contributed by atoms with van der Waals surface area (Å²) >= 11 is 0. The molecule has 0 rings (SSSR count). The van der Waals surface area contributed by atoms with Crippen LogP contribution in [0.1, 0.15) is 245 Å². The fourth-order valence-electron chi connectivity index (χ4n) is 7.69. The van der Waals surface area contributed by atoms with Crippen LogP contribution in [0.15, 0.2) is 48.6 Å². The van der Waals surface area contributed by atoms with Gasteiger partial charge in [0.2, 0.25) is 5.91 Å². The van der Waals surface area contributed by atoms with Crippen molar-refractivity contribution >= 4 is 19.7 Å². The third-order valence-electron chi connectivity index (χ3n) is 12.0. The summed E-state index contributed by atoms with van der Waals surface area (Å²) in [5.74, 6) is -0.623. The minimum atomic E-state index is -4.70. The fraction of sp³-hybridized carbons (Fsp3) is 0.821. The molecular formula is C56H105N2O7P. The zero-order valence-corrected chi connectivity index (χ0v) is 44.8. The van der Waals surface area contributed by atoms with Crippen LogP contribution in [0.2, 0.25) is 0 Å². The van der Waals surface area contributed by atoms with Crippen molar-refractivity contribution in [3.8, 4) is 0 Å². The van der Waals surface area contributed by atoms with E-state index in [1.165, 1.54) is 141 Å². The van der Waals surface area contributed by atoms with Gasteiger partial charge < -0.3 is 28.5 Å². The normalized spacial score (nSPS) is 14.2. The molecule has 0 aromatic carbocycles. The summed E-state index contributed by atoms with van der Waals surface area (Å²) in [6.07, 6.45) is 55.1. The Morgan fingerprint density at radius 3 is 1.42 bits per heavy atom. The lowest BCUT2D eigenvalue weighted by Gasteiger charge is -2.30. The third kappa shape index (κ3) is 47.1. The van der Waals surface area contributed by atoms with Crippen LogP contribution in [0.5, 0.6) is 0 Å². The van der Waals surface area contributed by atoms with Gasteiger partial charge in [0, 0.05) is 12.8 Å². The summed E-state index contributed by atoms with van der Waals surface area (Å²) in [7, 11) is 1.16. The number of esters is 1. The minimum absolute atomic E-state index is 0.0306. The molecule has 0 aliphatic rings. The lowest BCUT2D eigenvalue weighted by molar-refractivity contribution is -0.870. The number of ether oxygens (including phenoxy) is 1. The molecule has 0 bridgehead atoms. The SMILES string of the molecule is CCCCCC/C=C\CCCCCCCCCC(=O)NC(COP(=O)([O-])OCC[N+](C)(C)C)C(/C=C/CCCCCCCCCCCC)OC(=O)CC/C=C/C/C=C\CCCCCCCC. The number of unbranched alkanes of at least 4 members (excludes halogenated alkanes) is 27. The Morgan fingerprint density at radius 1 is 0.530 bits per heavy atom. The van der Waals surface area contributed by atoms with Crippen LogP contribution in [0.25, 0.3) is 0 Å². The van der Waals surface area contributed by atoms with Crippen molar-refractivity contribution in [3.05, 3.63) is 48.6 Å². The lowest BCUT2D eigenvalue weighted by Crippen LogP contribution is -2.47. The maximum atomic E-state index is 13.4. The number of allylic oxidation sites excluding steroid dienone is 7. The van der Waals surface area contributed by atoms with E-state index in [1.807, 2.05) is 33.3 Å². The van der Waals surface area contributed by atoms with Crippen LogP contribution in [0, 0.1) is 0 Å². The largest absolute Gasteiger partial charge is 0.756 e. The molecule has 0 saturated heterocycles. The summed E-state index contributed by atoms with van der Waals surface area (Å²) in [5.41, 5.74) is 0. The molecule has 0 aromatic rings.